The third-order valence-electron chi connectivity index (χ3n) is 3.87. The lowest BCUT2D eigenvalue weighted by atomic mass is 9.78. The molecule has 1 N–H and O–H groups in total. The van der Waals surface area contributed by atoms with E-state index >= 15 is 0 Å². The topological polar surface area (TPSA) is 56.8 Å². The van der Waals surface area contributed by atoms with E-state index in [1.807, 2.05) is 33.8 Å². The largest absolute Gasteiger partial charge is 0.494 e. The van der Waals surface area contributed by atoms with E-state index in [0.29, 0.717) is 5.56 Å². The first-order valence-electron chi connectivity index (χ1n) is 6.56. The van der Waals surface area contributed by atoms with Crippen molar-refractivity contribution in [1.29, 1.82) is 0 Å². The zero-order valence-electron chi connectivity index (χ0n) is 12.5. The second-order valence-electron chi connectivity index (χ2n) is 5.85. The van der Waals surface area contributed by atoms with E-state index in [-0.39, 0.29) is 5.91 Å². The molecule has 0 aliphatic carbocycles. The average molecular weight is 277 g/mol. The predicted molar refractivity (Wildman–Crippen MR) is 76.6 cm³/mol. The summed E-state index contributed by atoms with van der Waals surface area (Å²) in [7, 11) is 0.922. The van der Waals surface area contributed by atoms with E-state index in [2.05, 4.69) is 10.3 Å². The zero-order chi connectivity index (χ0) is 15.0. The maximum Gasteiger partial charge on any atom is 0.494 e. The van der Waals surface area contributed by atoms with Crippen LogP contribution in [0.1, 0.15) is 38.1 Å². The number of hydrogen-bond donors (Lipinski definition) is 1. The molecule has 6 heteroatoms. The van der Waals surface area contributed by atoms with Gasteiger partial charge in [-0.2, -0.15) is 0 Å². The molecular weight excluding hydrogens is 257 g/mol. The molecule has 1 aromatic rings. The van der Waals surface area contributed by atoms with Crippen molar-refractivity contribution in [3.05, 3.63) is 29.8 Å². The van der Waals surface area contributed by atoms with E-state index < -0.39 is 18.3 Å². The van der Waals surface area contributed by atoms with Crippen LogP contribution in [0.3, 0.4) is 0 Å². The van der Waals surface area contributed by atoms with Gasteiger partial charge in [0.05, 0.1) is 18.3 Å². The molecule has 0 spiro atoms. The Bertz CT molecular complexity index is 500. The second kappa shape index (κ2) is 5.20. The Kier molecular flexibility index (Phi) is 3.91. The van der Waals surface area contributed by atoms with Crippen molar-refractivity contribution < 1.29 is 18.9 Å². The Balaban J connectivity index is 2.23. The summed E-state index contributed by atoms with van der Waals surface area (Å²) in [4.78, 5) is 16.4. The second-order valence-corrected chi connectivity index (χ2v) is 5.85. The molecular formula is C14H20BNO4. The maximum atomic E-state index is 11.7. The van der Waals surface area contributed by atoms with Crippen LogP contribution >= 0.6 is 0 Å². The van der Waals surface area contributed by atoms with Gasteiger partial charge in [0.25, 0.3) is 5.91 Å². The highest BCUT2D eigenvalue weighted by atomic mass is 16.7. The standard InChI is InChI=1S/C14H20BNO4/c1-13(2)14(3,4)20-15(19-13)11-8-6-7-10(9-11)12(17)16-18-5/h6-9H,1-5H3,(H,16,17). The van der Waals surface area contributed by atoms with Gasteiger partial charge in [-0.3, -0.25) is 9.63 Å². The Hall–Kier alpha value is -1.37. The van der Waals surface area contributed by atoms with E-state index in [1.54, 1.807) is 18.2 Å². The number of amides is 1. The molecule has 1 aliphatic rings. The van der Waals surface area contributed by atoms with Crippen LogP contribution < -0.4 is 10.9 Å². The molecule has 1 aliphatic heterocycles. The third-order valence-corrected chi connectivity index (χ3v) is 3.87. The molecule has 0 atom stereocenters. The van der Waals surface area contributed by atoms with Crippen LogP contribution in [0, 0.1) is 0 Å². The van der Waals surface area contributed by atoms with Crippen LogP contribution in [-0.2, 0) is 14.1 Å². The van der Waals surface area contributed by atoms with Crippen LogP contribution in [-0.4, -0.2) is 31.3 Å². The zero-order valence-corrected chi connectivity index (χ0v) is 12.5. The van der Waals surface area contributed by atoms with Gasteiger partial charge in [0.1, 0.15) is 0 Å². The maximum absolute atomic E-state index is 11.7. The average Bonchev–Trinajstić information content (AvgIpc) is 2.59. The van der Waals surface area contributed by atoms with Crippen molar-refractivity contribution in [3.8, 4) is 0 Å². The number of benzene rings is 1. The fraction of sp³-hybridized carbons (Fsp3) is 0.500. The number of carbonyl (C=O) groups excluding carboxylic acids is 1. The Morgan fingerprint density at radius 3 is 2.35 bits per heavy atom. The molecule has 1 heterocycles. The van der Waals surface area contributed by atoms with Gasteiger partial charge in [-0.05, 0) is 45.3 Å². The van der Waals surface area contributed by atoms with Crippen LogP contribution in [0.25, 0.3) is 0 Å². The fourth-order valence-corrected chi connectivity index (χ4v) is 1.96. The minimum atomic E-state index is -0.477. The number of hydroxylamine groups is 1. The van der Waals surface area contributed by atoms with Crippen molar-refractivity contribution in [3.63, 3.8) is 0 Å². The Labute approximate surface area is 119 Å². The van der Waals surface area contributed by atoms with Crippen LogP contribution in [0.5, 0.6) is 0 Å². The third kappa shape index (κ3) is 2.72. The number of nitrogens with one attached hydrogen (secondary N) is 1. The molecule has 1 amide bonds. The van der Waals surface area contributed by atoms with E-state index in [0.717, 1.165) is 5.46 Å². The molecule has 0 aromatic heterocycles. The molecule has 20 heavy (non-hydrogen) atoms. The van der Waals surface area contributed by atoms with Gasteiger partial charge in [-0.15, -0.1) is 0 Å². The highest BCUT2D eigenvalue weighted by Gasteiger charge is 2.51. The Morgan fingerprint density at radius 1 is 1.20 bits per heavy atom. The van der Waals surface area contributed by atoms with Crippen molar-refractivity contribution in [1.82, 2.24) is 5.48 Å². The van der Waals surface area contributed by atoms with E-state index in [4.69, 9.17) is 9.31 Å². The van der Waals surface area contributed by atoms with Gasteiger partial charge in [0.2, 0.25) is 0 Å². The van der Waals surface area contributed by atoms with Crippen LogP contribution in [0.15, 0.2) is 24.3 Å². The highest BCUT2D eigenvalue weighted by Crippen LogP contribution is 2.36. The minimum absolute atomic E-state index is 0.300. The molecule has 0 saturated carbocycles. The summed E-state index contributed by atoms with van der Waals surface area (Å²) in [5.41, 5.74) is 2.80. The summed E-state index contributed by atoms with van der Waals surface area (Å²) < 4.78 is 11.9. The summed E-state index contributed by atoms with van der Waals surface area (Å²) in [6, 6.07) is 7.14. The molecule has 0 radical (unpaired) electrons. The number of carbonyl (C=O) groups is 1. The van der Waals surface area contributed by atoms with Crippen LogP contribution in [0.4, 0.5) is 0 Å². The molecule has 0 bridgehead atoms. The lowest BCUT2D eigenvalue weighted by Crippen LogP contribution is -2.41. The molecule has 1 saturated heterocycles. The fourth-order valence-electron chi connectivity index (χ4n) is 1.96. The SMILES string of the molecule is CONC(=O)c1cccc(B2OC(C)(C)C(C)(C)O2)c1. The van der Waals surface area contributed by atoms with Gasteiger partial charge < -0.3 is 9.31 Å². The van der Waals surface area contributed by atoms with Crippen molar-refractivity contribution >= 4 is 18.5 Å². The van der Waals surface area contributed by atoms with Gasteiger partial charge in [0.15, 0.2) is 0 Å². The lowest BCUT2D eigenvalue weighted by Gasteiger charge is -2.32. The monoisotopic (exact) mass is 277 g/mol. The smallest absolute Gasteiger partial charge is 0.399 e. The summed E-state index contributed by atoms with van der Waals surface area (Å²) in [5, 5.41) is 0. The van der Waals surface area contributed by atoms with Crippen LogP contribution in [0.2, 0.25) is 0 Å². The van der Waals surface area contributed by atoms with Crippen molar-refractivity contribution in [2.75, 3.05) is 7.11 Å². The highest BCUT2D eigenvalue weighted by molar-refractivity contribution is 6.62. The minimum Gasteiger partial charge on any atom is -0.399 e. The summed E-state index contributed by atoms with van der Waals surface area (Å²) in [6.45, 7) is 7.98. The molecule has 1 fully saturated rings. The summed E-state index contributed by atoms with van der Waals surface area (Å²) in [5.74, 6) is -0.300. The van der Waals surface area contributed by atoms with Gasteiger partial charge >= 0.3 is 7.12 Å². The normalized spacial score (nSPS) is 19.9. The van der Waals surface area contributed by atoms with Gasteiger partial charge in [-0.25, -0.2) is 5.48 Å². The molecule has 108 valence electrons. The number of hydrogen-bond acceptors (Lipinski definition) is 4. The van der Waals surface area contributed by atoms with E-state index in [1.165, 1.54) is 7.11 Å². The van der Waals surface area contributed by atoms with Gasteiger partial charge in [-0.1, -0.05) is 12.1 Å². The summed E-state index contributed by atoms with van der Waals surface area (Å²) in [6.07, 6.45) is 0. The first-order valence-corrected chi connectivity index (χ1v) is 6.56. The number of rotatable bonds is 3. The van der Waals surface area contributed by atoms with Crippen molar-refractivity contribution in [2.45, 2.75) is 38.9 Å². The Morgan fingerprint density at radius 2 is 1.80 bits per heavy atom. The van der Waals surface area contributed by atoms with Crippen molar-refractivity contribution in [2.24, 2.45) is 0 Å². The molecule has 0 unspecified atom stereocenters. The first-order chi connectivity index (χ1) is 9.27. The summed E-state index contributed by atoms with van der Waals surface area (Å²) >= 11 is 0. The molecule has 2 rings (SSSR count). The van der Waals surface area contributed by atoms with Gasteiger partial charge in [0, 0.05) is 5.56 Å². The molecule has 5 nitrogen and oxygen atoms in total. The first kappa shape index (κ1) is 15.0. The van der Waals surface area contributed by atoms with E-state index in [9.17, 15) is 4.79 Å². The predicted octanol–water partition coefficient (Wildman–Crippen LogP) is 1.28. The molecule has 1 aromatic carbocycles. The quantitative estimate of drug-likeness (QED) is 0.668. The lowest BCUT2D eigenvalue weighted by molar-refractivity contribution is 0.00578.